The lowest BCUT2D eigenvalue weighted by molar-refractivity contribution is 0.0958. The zero-order valence-corrected chi connectivity index (χ0v) is 19.3. The fourth-order valence-electron chi connectivity index (χ4n) is 2.95. The van der Waals surface area contributed by atoms with E-state index in [4.69, 9.17) is 22.1 Å². The highest BCUT2D eigenvalue weighted by Gasteiger charge is 2.15. The molecule has 0 aliphatic carbocycles. The normalized spacial score (nSPS) is 11.2. The Kier molecular flexibility index (Phi) is 10.7. The largest absolute Gasteiger partial charge is 0.494 e. The predicted molar refractivity (Wildman–Crippen MR) is 126 cm³/mol. The van der Waals surface area contributed by atoms with Crippen LogP contribution in [0.3, 0.4) is 0 Å². The van der Waals surface area contributed by atoms with Crippen molar-refractivity contribution in [3.8, 4) is 5.75 Å². The van der Waals surface area contributed by atoms with Gasteiger partial charge in [-0.05, 0) is 31.0 Å². The van der Waals surface area contributed by atoms with E-state index in [0.717, 1.165) is 23.5 Å². The van der Waals surface area contributed by atoms with Gasteiger partial charge in [-0.2, -0.15) is 5.10 Å². The van der Waals surface area contributed by atoms with Crippen molar-refractivity contribution in [2.75, 3.05) is 12.3 Å². The second kappa shape index (κ2) is 13.2. The van der Waals surface area contributed by atoms with Crippen LogP contribution in [0.1, 0.15) is 79.7 Å². The molecule has 30 heavy (non-hydrogen) atoms. The van der Waals surface area contributed by atoms with E-state index in [2.05, 4.69) is 22.4 Å². The molecule has 0 radical (unpaired) electrons. The number of unbranched alkanes of at least 4 members (excludes halogenated alkanes) is 6. The van der Waals surface area contributed by atoms with E-state index in [1.807, 2.05) is 19.1 Å². The number of ether oxygens (including phenoxy) is 1. The van der Waals surface area contributed by atoms with Gasteiger partial charge in [0.05, 0.1) is 23.5 Å². The van der Waals surface area contributed by atoms with Crippen LogP contribution in [0.2, 0.25) is 5.02 Å². The lowest BCUT2D eigenvalue weighted by Crippen LogP contribution is -2.17. The molecule has 0 spiro atoms. The Hall–Kier alpha value is -2.12. The first-order chi connectivity index (χ1) is 14.5. The topological polar surface area (TPSA) is 89.6 Å². The van der Waals surface area contributed by atoms with Crippen molar-refractivity contribution < 1.29 is 9.53 Å². The molecular formula is C22H31ClN4O2S. The lowest BCUT2D eigenvalue weighted by Gasteiger charge is -2.08. The first-order valence-electron chi connectivity index (χ1n) is 10.6. The minimum absolute atomic E-state index is 0.330. The van der Waals surface area contributed by atoms with Gasteiger partial charge in [-0.25, -0.2) is 10.4 Å². The van der Waals surface area contributed by atoms with Crippen LogP contribution < -0.4 is 15.9 Å². The molecule has 0 unspecified atom stereocenters. The van der Waals surface area contributed by atoms with Crippen LogP contribution in [0.15, 0.2) is 23.3 Å². The quantitative estimate of drug-likeness (QED) is 0.228. The summed E-state index contributed by atoms with van der Waals surface area (Å²) in [5.41, 5.74) is 9.55. The molecule has 0 saturated carbocycles. The number of halogens is 1. The van der Waals surface area contributed by atoms with Gasteiger partial charge >= 0.3 is 0 Å². The fraction of sp³-hybridized carbons (Fsp3) is 0.500. The summed E-state index contributed by atoms with van der Waals surface area (Å²) in [6, 6.07) is 5.45. The Morgan fingerprint density at radius 2 is 1.97 bits per heavy atom. The number of rotatable bonds is 13. The monoisotopic (exact) mass is 450 g/mol. The number of carbonyl (C=O) groups excluding carboxylic acids is 1. The molecule has 0 atom stereocenters. The van der Waals surface area contributed by atoms with Crippen LogP contribution in [0.5, 0.6) is 5.75 Å². The maximum absolute atomic E-state index is 12.2. The number of nitrogens with two attached hydrogens (primary N) is 1. The number of hydrogen-bond acceptors (Lipinski definition) is 6. The summed E-state index contributed by atoms with van der Waals surface area (Å²) < 4.78 is 5.78. The van der Waals surface area contributed by atoms with Gasteiger partial charge in [0.1, 0.15) is 10.6 Å². The average Bonchev–Trinajstić information content (AvgIpc) is 3.12. The van der Waals surface area contributed by atoms with Crippen molar-refractivity contribution in [2.24, 2.45) is 5.10 Å². The Balaban J connectivity index is 1.77. The molecule has 6 nitrogen and oxygen atoms in total. The van der Waals surface area contributed by atoms with E-state index in [1.165, 1.54) is 44.7 Å². The predicted octanol–water partition coefficient (Wildman–Crippen LogP) is 5.83. The number of benzene rings is 1. The second-order valence-corrected chi connectivity index (χ2v) is 8.47. The number of nitrogen functional groups attached to an aromatic ring is 1. The summed E-state index contributed by atoms with van der Waals surface area (Å²) >= 11 is 7.47. The van der Waals surface area contributed by atoms with Crippen LogP contribution in [0.4, 0.5) is 5.13 Å². The molecule has 8 heteroatoms. The molecule has 2 rings (SSSR count). The molecule has 2 aromatic rings. The number of nitrogens with one attached hydrogen (secondary N) is 1. The number of carbonyl (C=O) groups is 1. The first-order valence-corrected chi connectivity index (χ1v) is 11.8. The molecule has 0 saturated heterocycles. The second-order valence-electron chi connectivity index (χ2n) is 7.03. The molecule has 3 N–H and O–H groups in total. The van der Waals surface area contributed by atoms with E-state index in [1.54, 1.807) is 6.07 Å². The zero-order chi connectivity index (χ0) is 21.8. The van der Waals surface area contributed by atoms with E-state index in [0.29, 0.717) is 39.3 Å². The Morgan fingerprint density at radius 3 is 2.67 bits per heavy atom. The van der Waals surface area contributed by atoms with Crippen molar-refractivity contribution in [3.05, 3.63) is 39.4 Å². The maximum atomic E-state index is 12.2. The first kappa shape index (κ1) is 24.2. The van der Waals surface area contributed by atoms with Gasteiger partial charge in [0.15, 0.2) is 5.13 Å². The van der Waals surface area contributed by atoms with Crippen molar-refractivity contribution in [3.63, 3.8) is 0 Å². The number of thiazole rings is 1. The van der Waals surface area contributed by atoms with Gasteiger partial charge in [-0.1, -0.05) is 75.3 Å². The number of aryl methyl sites for hydroxylation is 1. The molecule has 0 aliphatic heterocycles. The lowest BCUT2D eigenvalue weighted by atomic mass is 10.1. The molecule has 0 aliphatic rings. The fourth-order valence-corrected chi connectivity index (χ4v) is 3.98. The summed E-state index contributed by atoms with van der Waals surface area (Å²) in [6.07, 6.45) is 10.9. The van der Waals surface area contributed by atoms with Gasteiger partial charge in [0, 0.05) is 5.56 Å². The molecule has 1 amide bonds. The summed E-state index contributed by atoms with van der Waals surface area (Å²) in [5, 5.41) is 4.88. The molecule has 0 bridgehead atoms. The third kappa shape index (κ3) is 7.95. The van der Waals surface area contributed by atoms with Gasteiger partial charge in [0.2, 0.25) is 0 Å². The highest BCUT2D eigenvalue weighted by atomic mass is 35.5. The molecule has 1 heterocycles. The zero-order valence-electron chi connectivity index (χ0n) is 17.7. The Bertz CT molecular complexity index is 839. The van der Waals surface area contributed by atoms with Crippen molar-refractivity contribution in [1.82, 2.24) is 10.4 Å². The minimum Gasteiger partial charge on any atom is -0.494 e. The van der Waals surface area contributed by atoms with Crippen molar-refractivity contribution >= 4 is 40.2 Å². The van der Waals surface area contributed by atoms with Crippen LogP contribution in [0.25, 0.3) is 0 Å². The highest BCUT2D eigenvalue weighted by Crippen LogP contribution is 2.22. The van der Waals surface area contributed by atoms with E-state index < -0.39 is 0 Å². The smallest absolute Gasteiger partial charge is 0.283 e. The van der Waals surface area contributed by atoms with Crippen LogP contribution in [0, 0.1) is 0 Å². The molecule has 164 valence electrons. The Labute approximate surface area is 187 Å². The number of hydrazone groups is 1. The van der Waals surface area contributed by atoms with Gasteiger partial charge in [-0.15, -0.1) is 0 Å². The summed E-state index contributed by atoms with van der Waals surface area (Å²) in [6.45, 7) is 4.84. The standard InChI is InChI=1S/C22H31ClN4O2S/c1-3-5-6-7-8-9-10-13-29-17-12-11-16(18(23)14-17)15-25-27-21(28)20-19(4-2)26-22(24)30-20/h11-12,14-15H,3-10,13H2,1-2H3,(H2,24,26)(H,27,28)/b25-15-. The van der Waals surface area contributed by atoms with Gasteiger partial charge < -0.3 is 10.5 Å². The number of amides is 1. The summed E-state index contributed by atoms with van der Waals surface area (Å²) in [5.74, 6) is 0.406. The third-order valence-electron chi connectivity index (χ3n) is 4.61. The number of anilines is 1. The molecule has 1 aromatic carbocycles. The maximum Gasteiger partial charge on any atom is 0.283 e. The molecule has 1 aromatic heterocycles. The van der Waals surface area contributed by atoms with Crippen molar-refractivity contribution in [2.45, 2.75) is 65.2 Å². The number of aromatic nitrogens is 1. The van der Waals surface area contributed by atoms with Gasteiger partial charge in [-0.3, -0.25) is 4.79 Å². The van der Waals surface area contributed by atoms with Crippen LogP contribution >= 0.6 is 22.9 Å². The average molecular weight is 451 g/mol. The number of nitrogens with zero attached hydrogens (tertiary/aromatic N) is 2. The summed E-state index contributed by atoms with van der Waals surface area (Å²) in [4.78, 5) is 16.9. The van der Waals surface area contributed by atoms with Crippen molar-refractivity contribution in [1.29, 1.82) is 0 Å². The SMILES string of the molecule is CCCCCCCCCOc1ccc(/C=N\NC(=O)c2sc(N)nc2CC)c(Cl)c1. The van der Waals surface area contributed by atoms with Crippen LogP contribution in [-0.2, 0) is 6.42 Å². The molecule has 0 fully saturated rings. The Morgan fingerprint density at radius 1 is 1.23 bits per heavy atom. The van der Waals surface area contributed by atoms with E-state index in [9.17, 15) is 4.79 Å². The molecular weight excluding hydrogens is 420 g/mol. The third-order valence-corrected chi connectivity index (χ3v) is 5.87. The van der Waals surface area contributed by atoms with E-state index >= 15 is 0 Å². The van der Waals surface area contributed by atoms with E-state index in [-0.39, 0.29) is 5.91 Å². The summed E-state index contributed by atoms with van der Waals surface area (Å²) in [7, 11) is 0. The minimum atomic E-state index is -0.330. The van der Waals surface area contributed by atoms with Crippen LogP contribution in [-0.4, -0.2) is 23.7 Å². The highest BCUT2D eigenvalue weighted by molar-refractivity contribution is 7.17. The van der Waals surface area contributed by atoms with Gasteiger partial charge in [0.25, 0.3) is 5.91 Å². The number of hydrogen-bond donors (Lipinski definition) is 2.